The van der Waals surface area contributed by atoms with Crippen LogP contribution < -0.4 is 15.5 Å². The van der Waals surface area contributed by atoms with Gasteiger partial charge >= 0.3 is 12.1 Å². The van der Waals surface area contributed by atoms with Gasteiger partial charge in [-0.3, -0.25) is 4.79 Å². The Morgan fingerprint density at radius 3 is 2.58 bits per heavy atom. The van der Waals surface area contributed by atoms with E-state index in [0.717, 1.165) is 38.4 Å². The Labute approximate surface area is 191 Å². The lowest BCUT2D eigenvalue weighted by molar-refractivity contribution is -0.192. The van der Waals surface area contributed by atoms with Crippen LogP contribution >= 0.6 is 11.6 Å². The molecule has 0 saturated carbocycles. The zero-order valence-electron chi connectivity index (χ0n) is 17.1. The SMILES string of the molecule is O=C(Nc1ccccc1Cl)c1cnn2ccc(N3CCCNCC3)nc12.O=C(O)C(F)(F)F. The first kappa shape index (κ1) is 24.3. The molecule has 13 heteroatoms. The van der Waals surface area contributed by atoms with Crippen molar-refractivity contribution in [2.24, 2.45) is 0 Å². The topological polar surface area (TPSA) is 112 Å². The van der Waals surface area contributed by atoms with Crippen LogP contribution in [0.15, 0.2) is 42.7 Å². The predicted octanol–water partition coefficient (Wildman–Crippen LogP) is 3.07. The third-order valence-corrected chi connectivity index (χ3v) is 4.96. The normalized spacial score (nSPS) is 14.2. The number of carboxylic acid groups (broad SMARTS) is 1. The first-order valence-corrected chi connectivity index (χ1v) is 10.2. The van der Waals surface area contributed by atoms with Gasteiger partial charge in [-0.05, 0) is 31.2 Å². The number of halogens is 4. The molecule has 0 spiro atoms. The van der Waals surface area contributed by atoms with Gasteiger partial charge in [-0.25, -0.2) is 14.3 Å². The molecule has 3 heterocycles. The van der Waals surface area contributed by atoms with Crippen molar-refractivity contribution < 1.29 is 27.9 Å². The van der Waals surface area contributed by atoms with Crippen LogP contribution in [0.25, 0.3) is 5.65 Å². The summed E-state index contributed by atoms with van der Waals surface area (Å²) in [5.41, 5.74) is 1.51. The Kier molecular flexibility index (Phi) is 7.71. The van der Waals surface area contributed by atoms with Crippen molar-refractivity contribution in [3.8, 4) is 0 Å². The highest BCUT2D eigenvalue weighted by atomic mass is 35.5. The standard InChI is InChI=1S/C18H19ClN6O.C2HF3O2/c19-14-4-1-2-5-15(14)22-18(26)13-12-21-25-10-6-16(23-17(13)25)24-9-3-7-20-8-11-24;3-2(4,5)1(6)7/h1-2,4-6,10,12,20H,3,7-9,11H2,(H,22,26);(H,6,7). The van der Waals surface area contributed by atoms with Gasteiger partial charge in [-0.2, -0.15) is 18.3 Å². The lowest BCUT2D eigenvalue weighted by Crippen LogP contribution is -2.28. The van der Waals surface area contributed by atoms with E-state index in [9.17, 15) is 18.0 Å². The zero-order valence-corrected chi connectivity index (χ0v) is 17.9. The van der Waals surface area contributed by atoms with Crippen LogP contribution in [-0.2, 0) is 4.79 Å². The molecule has 1 aromatic carbocycles. The molecule has 0 bridgehead atoms. The summed E-state index contributed by atoms with van der Waals surface area (Å²) < 4.78 is 33.3. The third kappa shape index (κ3) is 6.33. The number of hydrogen-bond acceptors (Lipinski definition) is 6. The van der Waals surface area contributed by atoms with Crippen molar-refractivity contribution in [1.82, 2.24) is 19.9 Å². The number of rotatable bonds is 3. The monoisotopic (exact) mass is 484 g/mol. The van der Waals surface area contributed by atoms with E-state index in [4.69, 9.17) is 26.5 Å². The van der Waals surface area contributed by atoms with Gasteiger partial charge in [0.25, 0.3) is 5.91 Å². The first-order valence-electron chi connectivity index (χ1n) is 9.83. The maximum Gasteiger partial charge on any atom is 0.490 e. The van der Waals surface area contributed by atoms with Gasteiger partial charge in [0.15, 0.2) is 5.65 Å². The Morgan fingerprint density at radius 2 is 1.88 bits per heavy atom. The highest BCUT2D eigenvalue weighted by Crippen LogP contribution is 2.22. The number of hydrogen-bond donors (Lipinski definition) is 3. The Balaban J connectivity index is 0.000000383. The lowest BCUT2D eigenvalue weighted by atomic mass is 10.2. The highest BCUT2D eigenvalue weighted by Gasteiger charge is 2.38. The molecule has 33 heavy (non-hydrogen) atoms. The smallest absolute Gasteiger partial charge is 0.475 e. The first-order chi connectivity index (χ1) is 15.7. The van der Waals surface area contributed by atoms with Crippen molar-refractivity contribution in [2.45, 2.75) is 12.6 Å². The molecule has 9 nitrogen and oxygen atoms in total. The van der Waals surface area contributed by atoms with E-state index >= 15 is 0 Å². The Hall–Kier alpha value is -3.38. The summed E-state index contributed by atoms with van der Waals surface area (Å²) in [4.78, 5) is 28.5. The molecule has 3 N–H and O–H groups in total. The third-order valence-electron chi connectivity index (χ3n) is 4.63. The second-order valence-corrected chi connectivity index (χ2v) is 7.35. The van der Waals surface area contributed by atoms with E-state index in [2.05, 4.69) is 20.6 Å². The molecule has 0 aliphatic carbocycles. The Morgan fingerprint density at radius 1 is 1.15 bits per heavy atom. The number of carboxylic acids is 1. The van der Waals surface area contributed by atoms with Gasteiger partial charge in [0.1, 0.15) is 11.4 Å². The van der Waals surface area contributed by atoms with Gasteiger partial charge in [-0.1, -0.05) is 23.7 Å². The summed E-state index contributed by atoms with van der Waals surface area (Å²) in [7, 11) is 0. The average molecular weight is 485 g/mol. The molecule has 3 aromatic rings. The van der Waals surface area contributed by atoms with Crippen molar-refractivity contribution in [3.63, 3.8) is 0 Å². The van der Waals surface area contributed by atoms with Crippen LogP contribution in [0.2, 0.25) is 5.02 Å². The van der Waals surface area contributed by atoms with E-state index in [0.29, 0.717) is 21.9 Å². The van der Waals surface area contributed by atoms with Gasteiger partial charge in [0.2, 0.25) is 0 Å². The number of amides is 1. The molecular weight excluding hydrogens is 465 g/mol. The van der Waals surface area contributed by atoms with Crippen LogP contribution in [0.5, 0.6) is 0 Å². The molecule has 1 amide bonds. The summed E-state index contributed by atoms with van der Waals surface area (Å²) in [5.74, 6) is -2.18. The molecule has 1 saturated heterocycles. The summed E-state index contributed by atoms with van der Waals surface area (Å²) >= 11 is 6.13. The van der Waals surface area contributed by atoms with E-state index in [1.54, 1.807) is 16.6 Å². The number of nitrogens with one attached hydrogen (secondary N) is 2. The molecular formula is C20H20ClF3N6O3. The van der Waals surface area contributed by atoms with Gasteiger partial charge in [0, 0.05) is 25.8 Å². The molecule has 1 aliphatic rings. The molecule has 1 fully saturated rings. The minimum absolute atomic E-state index is 0.282. The fourth-order valence-corrected chi connectivity index (χ4v) is 3.21. The van der Waals surface area contributed by atoms with Crippen molar-refractivity contribution in [2.75, 3.05) is 36.4 Å². The van der Waals surface area contributed by atoms with Crippen molar-refractivity contribution in [1.29, 1.82) is 0 Å². The fraction of sp³-hybridized carbons (Fsp3) is 0.300. The van der Waals surface area contributed by atoms with E-state index in [1.165, 1.54) is 6.20 Å². The van der Waals surface area contributed by atoms with Crippen molar-refractivity contribution in [3.05, 3.63) is 53.3 Å². The maximum atomic E-state index is 12.7. The number of aliphatic carboxylic acids is 1. The predicted molar refractivity (Wildman–Crippen MR) is 116 cm³/mol. The molecule has 176 valence electrons. The molecule has 0 unspecified atom stereocenters. The number of aromatic nitrogens is 3. The summed E-state index contributed by atoms with van der Waals surface area (Å²) in [6, 6.07) is 9.06. The van der Waals surface area contributed by atoms with Crippen LogP contribution in [0, 0.1) is 0 Å². The molecule has 2 aromatic heterocycles. The number of nitrogens with zero attached hydrogens (tertiary/aromatic N) is 4. The van der Waals surface area contributed by atoms with Gasteiger partial charge < -0.3 is 20.6 Å². The van der Waals surface area contributed by atoms with Crippen LogP contribution in [-0.4, -0.2) is 63.9 Å². The number of alkyl halides is 3. The number of fused-ring (bicyclic) bond motifs is 1. The van der Waals surface area contributed by atoms with Crippen LogP contribution in [0.4, 0.5) is 24.7 Å². The lowest BCUT2D eigenvalue weighted by Gasteiger charge is -2.20. The number of carbonyl (C=O) groups excluding carboxylic acids is 1. The van der Waals surface area contributed by atoms with Crippen LogP contribution in [0.1, 0.15) is 16.8 Å². The molecule has 0 radical (unpaired) electrons. The van der Waals surface area contributed by atoms with E-state index in [1.807, 2.05) is 24.4 Å². The molecule has 1 aliphatic heterocycles. The highest BCUT2D eigenvalue weighted by molar-refractivity contribution is 6.34. The largest absolute Gasteiger partial charge is 0.490 e. The van der Waals surface area contributed by atoms with Crippen LogP contribution in [0.3, 0.4) is 0 Å². The second-order valence-electron chi connectivity index (χ2n) is 6.94. The second kappa shape index (κ2) is 10.5. The molecule has 0 atom stereocenters. The minimum Gasteiger partial charge on any atom is -0.475 e. The summed E-state index contributed by atoms with van der Waals surface area (Å²) in [5, 5.41) is 18.1. The number of benzene rings is 1. The molecule has 4 rings (SSSR count). The number of para-hydroxylation sites is 1. The van der Waals surface area contributed by atoms with Crippen molar-refractivity contribution >= 4 is 40.6 Å². The van der Waals surface area contributed by atoms with Gasteiger partial charge in [0.05, 0.1) is 16.9 Å². The van der Waals surface area contributed by atoms with Gasteiger partial charge in [-0.15, -0.1) is 0 Å². The van der Waals surface area contributed by atoms with E-state index < -0.39 is 12.1 Å². The average Bonchev–Trinajstić information content (AvgIpc) is 3.00. The summed E-state index contributed by atoms with van der Waals surface area (Å²) in [6.07, 6.45) is -0.656. The number of carbonyl (C=O) groups is 2. The zero-order chi connectivity index (χ0) is 24.0. The maximum absolute atomic E-state index is 12.7. The quantitative estimate of drug-likeness (QED) is 0.524. The Bertz CT molecular complexity index is 1130. The number of anilines is 2. The summed E-state index contributed by atoms with van der Waals surface area (Å²) in [6.45, 7) is 3.76. The minimum atomic E-state index is -5.08. The van der Waals surface area contributed by atoms with E-state index in [-0.39, 0.29) is 5.91 Å². The fourth-order valence-electron chi connectivity index (χ4n) is 3.02.